The zero-order valence-corrected chi connectivity index (χ0v) is 12.2. The lowest BCUT2D eigenvalue weighted by Gasteiger charge is -2.36. The van der Waals surface area contributed by atoms with Gasteiger partial charge in [-0.3, -0.25) is 4.90 Å². The van der Waals surface area contributed by atoms with E-state index in [0.29, 0.717) is 5.92 Å². The number of hydrogen-bond acceptors (Lipinski definition) is 2. The molecular formula is C16H25FN2. The second-order valence-corrected chi connectivity index (χ2v) is 5.96. The van der Waals surface area contributed by atoms with Crippen LogP contribution < -0.4 is 5.32 Å². The molecule has 1 aromatic carbocycles. The molecule has 19 heavy (non-hydrogen) atoms. The fourth-order valence-electron chi connectivity index (χ4n) is 2.82. The molecule has 3 heteroatoms. The highest BCUT2D eigenvalue weighted by Gasteiger charge is 2.25. The van der Waals surface area contributed by atoms with Crippen LogP contribution in [0.25, 0.3) is 0 Å². The van der Waals surface area contributed by atoms with Gasteiger partial charge in [-0.15, -0.1) is 0 Å². The second kappa shape index (κ2) is 6.49. The minimum absolute atomic E-state index is 0.0517. The Hall–Kier alpha value is -0.930. The van der Waals surface area contributed by atoms with Crippen molar-refractivity contribution in [3.8, 4) is 0 Å². The van der Waals surface area contributed by atoms with Crippen molar-refractivity contribution in [2.75, 3.05) is 26.2 Å². The van der Waals surface area contributed by atoms with Crippen LogP contribution in [0, 0.1) is 18.7 Å². The van der Waals surface area contributed by atoms with Gasteiger partial charge in [0.25, 0.3) is 0 Å². The van der Waals surface area contributed by atoms with Crippen LogP contribution in [0.15, 0.2) is 18.2 Å². The van der Waals surface area contributed by atoms with Gasteiger partial charge < -0.3 is 5.32 Å². The summed E-state index contributed by atoms with van der Waals surface area (Å²) in [5.41, 5.74) is 1.85. The summed E-state index contributed by atoms with van der Waals surface area (Å²) in [6, 6.07) is 5.86. The lowest BCUT2D eigenvalue weighted by Crippen LogP contribution is -2.45. The van der Waals surface area contributed by atoms with Crippen LogP contribution in [0.2, 0.25) is 0 Å². The Balaban J connectivity index is 2.25. The minimum atomic E-state index is -0.0517. The summed E-state index contributed by atoms with van der Waals surface area (Å²) in [7, 11) is 0. The van der Waals surface area contributed by atoms with Crippen LogP contribution in [0.3, 0.4) is 0 Å². The highest BCUT2D eigenvalue weighted by molar-refractivity contribution is 5.26. The first kappa shape index (κ1) is 14.5. The molecule has 1 atom stereocenters. The first-order chi connectivity index (χ1) is 9.08. The third-order valence-electron chi connectivity index (χ3n) is 3.80. The Morgan fingerprint density at radius 3 is 2.53 bits per heavy atom. The summed E-state index contributed by atoms with van der Waals surface area (Å²) in [5, 5.41) is 3.36. The van der Waals surface area contributed by atoms with Gasteiger partial charge in [-0.1, -0.05) is 26.0 Å². The van der Waals surface area contributed by atoms with Crippen LogP contribution in [0.5, 0.6) is 0 Å². The zero-order chi connectivity index (χ0) is 13.8. The third-order valence-corrected chi connectivity index (χ3v) is 3.80. The number of aryl methyl sites for hydroxylation is 1. The summed E-state index contributed by atoms with van der Waals surface area (Å²) in [5.74, 6) is 0.518. The predicted molar refractivity (Wildman–Crippen MR) is 77.8 cm³/mol. The van der Waals surface area contributed by atoms with Gasteiger partial charge in [0, 0.05) is 37.8 Å². The molecular weight excluding hydrogens is 239 g/mol. The van der Waals surface area contributed by atoms with Crippen LogP contribution >= 0.6 is 0 Å². The van der Waals surface area contributed by atoms with E-state index in [1.165, 1.54) is 0 Å². The lowest BCUT2D eigenvalue weighted by molar-refractivity contribution is 0.151. The van der Waals surface area contributed by atoms with Crippen LogP contribution in [-0.4, -0.2) is 31.1 Å². The van der Waals surface area contributed by atoms with E-state index in [1.54, 1.807) is 6.07 Å². The van der Waals surface area contributed by atoms with Crippen molar-refractivity contribution in [2.45, 2.75) is 33.2 Å². The van der Waals surface area contributed by atoms with Gasteiger partial charge in [-0.05, 0) is 30.9 Å². The molecule has 0 radical (unpaired) electrons. The van der Waals surface area contributed by atoms with E-state index >= 15 is 0 Å². The molecule has 1 aliphatic heterocycles. The van der Waals surface area contributed by atoms with E-state index in [1.807, 2.05) is 19.1 Å². The van der Waals surface area contributed by atoms with E-state index in [2.05, 4.69) is 24.1 Å². The van der Waals surface area contributed by atoms with Gasteiger partial charge in [-0.2, -0.15) is 0 Å². The maximum atomic E-state index is 14.3. The normalized spacial score (nSPS) is 18.8. The summed E-state index contributed by atoms with van der Waals surface area (Å²) in [4.78, 5) is 2.42. The SMILES string of the molecule is Cc1ccc([C@H](CC(C)C)N2CCNCC2)c(F)c1. The van der Waals surface area contributed by atoms with E-state index < -0.39 is 0 Å². The van der Waals surface area contributed by atoms with E-state index in [-0.39, 0.29) is 11.9 Å². The Morgan fingerprint density at radius 2 is 1.95 bits per heavy atom. The first-order valence-electron chi connectivity index (χ1n) is 7.28. The highest BCUT2D eigenvalue weighted by atomic mass is 19.1. The molecule has 1 heterocycles. The van der Waals surface area contributed by atoms with Gasteiger partial charge in [0.15, 0.2) is 0 Å². The average Bonchev–Trinajstić information content (AvgIpc) is 2.37. The number of rotatable bonds is 4. The molecule has 0 saturated carbocycles. The van der Waals surface area contributed by atoms with Crippen molar-refractivity contribution < 1.29 is 4.39 Å². The van der Waals surface area contributed by atoms with Crippen molar-refractivity contribution in [3.05, 3.63) is 35.1 Å². The number of benzene rings is 1. The summed E-state index contributed by atoms with van der Waals surface area (Å²) in [6.45, 7) is 10.4. The molecule has 2 rings (SSSR count). The molecule has 1 fully saturated rings. The van der Waals surface area contributed by atoms with Gasteiger partial charge in [-0.25, -0.2) is 4.39 Å². The lowest BCUT2D eigenvalue weighted by atomic mass is 9.94. The third kappa shape index (κ3) is 3.77. The maximum Gasteiger partial charge on any atom is 0.128 e. The maximum absolute atomic E-state index is 14.3. The number of nitrogens with one attached hydrogen (secondary N) is 1. The van der Waals surface area contributed by atoms with Crippen LogP contribution in [0.1, 0.15) is 37.4 Å². The fourth-order valence-corrected chi connectivity index (χ4v) is 2.82. The van der Waals surface area contributed by atoms with Crippen molar-refractivity contribution in [2.24, 2.45) is 5.92 Å². The number of piperazine rings is 1. The first-order valence-corrected chi connectivity index (χ1v) is 7.28. The molecule has 1 aliphatic rings. The summed E-state index contributed by atoms with van der Waals surface area (Å²) >= 11 is 0. The van der Waals surface area contributed by atoms with E-state index in [4.69, 9.17) is 0 Å². The van der Waals surface area contributed by atoms with Gasteiger partial charge in [0.2, 0.25) is 0 Å². The monoisotopic (exact) mass is 264 g/mol. The molecule has 106 valence electrons. The smallest absolute Gasteiger partial charge is 0.128 e. The van der Waals surface area contributed by atoms with Gasteiger partial charge in [0.05, 0.1) is 0 Å². The number of halogens is 1. The quantitative estimate of drug-likeness (QED) is 0.899. The molecule has 1 N–H and O–H groups in total. The topological polar surface area (TPSA) is 15.3 Å². The standard InChI is InChI=1S/C16H25FN2/c1-12(2)10-16(19-8-6-18-7-9-19)14-5-4-13(3)11-15(14)17/h4-5,11-12,16,18H,6-10H2,1-3H3/t16-/m0/s1. The molecule has 1 saturated heterocycles. The van der Waals surface area contributed by atoms with E-state index in [9.17, 15) is 4.39 Å². The molecule has 0 unspecified atom stereocenters. The summed E-state index contributed by atoms with van der Waals surface area (Å²) < 4.78 is 14.3. The Labute approximate surface area is 116 Å². The average molecular weight is 264 g/mol. The molecule has 0 amide bonds. The molecule has 0 aromatic heterocycles. The Morgan fingerprint density at radius 1 is 1.26 bits per heavy atom. The molecule has 0 aliphatic carbocycles. The predicted octanol–water partition coefficient (Wildman–Crippen LogP) is 3.13. The van der Waals surface area contributed by atoms with Gasteiger partial charge >= 0.3 is 0 Å². The minimum Gasteiger partial charge on any atom is -0.314 e. The fraction of sp³-hybridized carbons (Fsp3) is 0.625. The molecule has 0 bridgehead atoms. The van der Waals surface area contributed by atoms with Crippen LogP contribution in [0.4, 0.5) is 4.39 Å². The van der Waals surface area contributed by atoms with Crippen molar-refractivity contribution in [1.82, 2.24) is 10.2 Å². The van der Waals surface area contributed by atoms with Crippen molar-refractivity contribution in [3.63, 3.8) is 0 Å². The van der Waals surface area contributed by atoms with Crippen molar-refractivity contribution >= 4 is 0 Å². The highest BCUT2D eigenvalue weighted by Crippen LogP contribution is 2.30. The largest absolute Gasteiger partial charge is 0.314 e. The zero-order valence-electron chi connectivity index (χ0n) is 12.2. The van der Waals surface area contributed by atoms with Gasteiger partial charge in [0.1, 0.15) is 5.82 Å². The molecule has 2 nitrogen and oxygen atoms in total. The second-order valence-electron chi connectivity index (χ2n) is 5.96. The van der Waals surface area contributed by atoms with E-state index in [0.717, 1.165) is 43.7 Å². The van der Waals surface area contributed by atoms with Crippen LogP contribution in [-0.2, 0) is 0 Å². The molecule has 0 spiro atoms. The summed E-state index contributed by atoms with van der Waals surface area (Å²) in [6.07, 6.45) is 1.01. The molecule has 1 aromatic rings. The Bertz CT molecular complexity index is 411. The Kier molecular flexibility index (Phi) is 4.94. The number of hydrogen-bond donors (Lipinski definition) is 1. The number of nitrogens with zero attached hydrogens (tertiary/aromatic N) is 1. The van der Waals surface area contributed by atoms with Crippen molar-refractivity contribution in [1.29, 1.82) is 0 Å².